The van der Waals surface area contributed by atoms with Crippen LogP contribution in [0.4, 0.5) is 10.5 Å². The first-order chi connectivity index (χ1) is 16.0. The predicted molar refractivity (Wildman–Crippen MR) is 123 cm³/mol. The molecule has 4 rings (SSSR count). The molecular formula is C26H20N2O5. The molecular weight excluding hydrogens is 420 g/mol. The molecule has 1 aliphatic rings. The van der Waals surface area contributed by atoms with Gasteiger partial charge in [0.05, 0.1) is 11.5 Å². The van der Waals surface area contributed by atoms with Crippen LogP contribution >= 0.6 is 0 Å². The second-order valence-corrected chi connectivity index (χ2v) is 7.53. The molecule has 164 valence electrons. The second-order valence-electron chi connectivity index (χ2n) is 7.53. The minimum absolute atomic E-state index is 0.0394. The largest absolute Gasteiger partial charge is 0.449 e. The number of carbonyl (C=O) groups excluding carboxylic acids is 2. The van der Waals surface area contributed by atoms with Crippen LogP contribution < -0.4 is 5.32 Å². The normalized spacial score (nSPS) is 11.5. The summed E-state index contributed by atoms with van der Waals surface area (Å²) < 4.78 is 5.43. The Morgan fingerprint density at radius 1 is 1.03 bits per heavy atom. The minimum atomic E-state index is -0.618. The van der Waals surface area contributed by atoms with E-state index < -0.39 is 11.0 Å². The highest BCUT2D eigenvalue weighted by Gasteiger charge is 2.28. The van der Waals surface area contributed by atoms with E-state index in [0.717, 1.165) is 22.3 Å². The Balaban J connectivity index is 1.37. The molecule has 0 radical (unpaired) electrons. The molecule has 1 amide bonds. The summed E-state index contributed by atoms with van der Waals surface area (Å²) in [6.45, 7) is 1.48. The van der Waals surface area contributed by atoms with E-state index in [-0.39, 0.29) is 41.7 Å². The number of rotatable bonds is 5. The Labute approximate surface area is 190 Å². The molecule has 3 aromatic rings. The predicted octanol–water partition coefficient (Wildman–Crippen LogP) is 4.69. The third-order valence-electron chi connectivity index (χ3n) is 5.49. The van der Waals surface area contributed by atoms with Gasteiger partial charge in [-0.1, -0.05) is 60.4 Å². The molecule has 0 fully saturated rings. The number of alkyl carbamates (subject to hydrolysis) is 1. The fraction of sp³-hybridized carbons (Fsp3) is 0.154. The molecule has 1 N–H and O–H groups in total. The van der Waals surface area contributed by atoms with Gasteiger partial charge in [-0.3, -0.25) is 14.9 Å². The van der Waals surface area contributed by atoms with Gasteiger partial charge in [-0.25, -0.2) is 4.79 Å². The van der Waals surface area contributed by atoms with Crippen molar-refractivity contribution in [3.8, 4) is 23.0 Å². The number of nitro groups is 1. The molecule has 0 atom stereocenters. The summed E-state index contributed by atoms with van der Waals surface area (Å²) in [7, 11) is 0. The van der Waals surface area contributed by atoms with Crippen LogP contribution in [-0.4, -0.2) is 30.0 Å². The minimum Gasteiger partial charge on any atom is -0.449 e. The van der Waals surface area contributed by atoms with Crippen molar-refractivity contribution >= 4 is 17.6 Å². The maximum absolute atomic E-state index is 12.2. The van der Waals surface area contributed by atoms with E-state index in [1.807, 2.05) is 36.4 Å². The van der Waals surface area contributed by atoms with Crippen molar-refractivity contribution in [2.75, 3.05) is 13.2 Å². The third-order valence-corrected chi connectivity index (χ3v) is 5.49. The molecule has 0 saturated heterocycles. The number of nitrogens with zero attached hydrogens (tertiary/aromatic N) is 1. The van der Waals surface area contributed by atoms with Crippen LogP contribution in [0, 0.1) is 22.0 Å². The highest BCUT2D eigenvalue weighted by atomic mass is 16.6. The van der Waals surface area contributed by atoms with E-state index in [9.17, 15) is 19.7 Å². The summed E-state index contributed by atoms with van der Waals surface area (Å²) in [6, 6.07) is 20.2. The van der Waals surface area contributed by atoms with Gasteiger partial charge in [0.15, 0.2) is 5.78 Å². The van der Waals surface area contributed by atoms with Gasteiger partial charge in [-0.05, 0) is 41.3 Å². The van der Waals surface area contributed by atoms with E-state index in [1.54, 1.807) is 0 Å². The van der Waals surface area contributed by atoms with Crippen LogP contribution in [-0.2, 0) is 4.74 Å². The molecule has 3 aromatic carbocycles. The van der Waals surface area contributed by atoms with Gasteiger partial charge >= 0.3 is 6.09 Å². The lowest BCUT2D eigenvalue weighted by Crippen LogP contribution is -2.26. The summed E-state index contributed by atoms with van der Waals surface area (Å²) in [5.41, 5.74) is 4.68. The SMILES string of the molecule is CC(=O)c1ccc(C#CCNC(=O)OCC2c3ccccc3-c3ccccc32)c([N+](=O)[O-])c1. The smallest absolute Gasteiger partial charge is 0.407 e. The molecule has 33 heavy (non-hydrogen) atoms. The molecule has 0 heterocycles. The van der Waals surface area contributed by atoms with Gasteiger partial charge in [0.1, 0.15) is 12.2 Å². The first-order valence-corrected chi connectivity index (χ1v) is 10.3. The van der Waals surface area contributed by atoms with E-state index in [0.29, 0.717) is 0 Å². The van der Waals surface area contributed by atoms with Crippen molar-refractivity contribution in [2.45, 2.75) is 12.8 Å². The quantitative estimate of drug-likeness (QED) is 0.269. The number of Topliss-reactive ketones (excluding diaryl/α,β-unsaturated/α-hetero) is 1. The average Bonchev–Trinajstić information content (AvgIpc) is 3.14. The van der Waals surface area contributed by atoms with Gasteiger partial charge in [-0.2, -0.15) is 0 Å². The van der Waals surface area contributed by atoms with Gasteiger partial charge in [0.25, 0.3) is 5.69 Å². The Kier molecular flexibility index (Phi) is 6.18. The van der Waals surface area contributed by atoms with Crippen molar-refractivity contribution < 1.29 is 19.2 Å². The van der Waals surface area contributed by atoms with Crippen molar-refractivity contribution in [3.63, 3.8) is 0 Å². The van der Waals surface area contributed by atoms with Crippen LogP contribution in [0.15, 0.2) is 66.7 Å². The van der Waals surface area contributed by atoms with Crippen LogP contribution in [0.2, 0.25) is 0 Å². The van der Waals surface area contributed by atoms with E-state index in [4.69, 9.17) is 4.74 Å². The fourth-order valence-electron chi connectivity index (χ4n) is 3.91. The summed E-state index contributed by atoms with van der Waals surface area (Å²) in [5.74, 6) is 5.04. The monoisotopic (exact) mass is 440 g/mol. The number of nitrogens with one attached hydrogen (secondary N) is 1. The number of hydrogen-bond donors (Lipinski definition) is 1. The van der Waals surface area contributed by atoms with Crippen molar-refractivity contribution in [1.29, 1.82) is 0 Å². The van der Waals surface area contributed by atoms with Gasteiger partial charge < -0.3 is 10.1 Å². The summed E-state index contributed by atoms with van der Waals surface area (Å²) >= 11 is 0. The number of ketones is 1. The molecule has 0 aliphatic heterocycles. The average molecular weight is 440 g/mol. The summed E-state index contributed by atoms with van der Waals surface area (Å²) in [5, 5.41) is 13.8. The molecule has 0 spiro atoms. The first kappa shape index (κ1) is 21.8. The summed E-state index contributed by atoms with van der Waals surface area (Å²) in [6.07, 6.45) is -0.618. The standard InChI is InChI=1S/C26H20N2O5/c1-17(29)19-13-12-18(25(15-19)28(31)32)7-6-14-27-26(30)33-16-24-22-10-4-2-8-20(22)21-9-3-5-11-23(21)24/h2-5,8-13,15,24H,14,16H2,1H3,(H,27,30). The van der Waals surface area contributed by atoms with Crippen LogP contribution in [0.3, 0.4) is 0 Å². The molecule has 0 bridgehead atoms. The number of carbonyl (C=O) groups is 2. The number of hydrogen-bond acceptors (Lipinski definition) is 5. The maximum atomic E-state index is 12.2. The lowest BCUT2D eigenvalue weighted by atomic mass is 9.98. The zero-order valence-electron chi connectivity index (χ0n) is 17.8. The number of benzene rings is 3. The maximum Gasteiger partial charge on any atom is 0.407 e. The molecule has 0 saturated carbocycles. The lowest BCUT2D eigenvalue weighted by molar-refractivity contribution is -0.385. The van der Waals surface area contributed by atoms with Gasteiger partial charge in [-0.15, -0.1) is 0 Å². The zero-order valence-corrected chi connectivity index (χ0v) is 17.8. The van der Waals surface area contributed by atoms with Gasteiger partial charge in [0, 0.05) is 17.5 Å². The van der Waals surface area contributed by atoms with E-state index in [1.165, 1.54) is 25.1 Å². The highest BCUT2D eigenvalue weighted by molar-refractivity contribution is 5.95. The van der Waals surface area contributed by atoms with E-state index in [2.05, 4.69) is 29.3 Å². The van der Waals surface area contributed by atoms with Crippen LogP contribution in [0.1, 0.15) is 39.9 Å². The zero-order chi connectivity index (χ0) is 23.4. The molecule has 0 unspecified atom stereocenters. The lowest BCUT2D eigenvalue weighted by Gasteiger charge is -2.14. The van der Waals surface area contributed by atoms with Crippen LogP contribution in [0.25, 0.3) is 11.1 Å². The molecule has 1 aliphatic carbocycles. The Hall–Kier alpha value is -4.44. The number of nitro benzene ring substituents is 1. The summed E-state index contributed by atoms with van der Waals surface area (Å²) in [4.78, 5) is 34.3. The van der Waals surface area contributed by atoms with E-state index >= 15 is 0 Å². The molecule has 0 aromatic heterocycles. The second kappa shape index (κ2) is 9.37. The third kappa shape index (κ3) is 4.60. The topological polar surface area (TPSA) is 98.5 Å². The van der Waals surface area contributed by atoms with Crippen molar-refractivity contribution in [2.24, 2.45) is 0 Å². The number of ether oxygens (including phenoxy) is 1. The Morgan fingerprint density at radius 2 is 1.67 bits per heavy atom. The Bertz CT molecular complexity index is 1270. The van der Waals surface area contributed by atoms with Crippen molar-refractivity contribution in [3.05, 3.63) is 99.1 Å². The first-order valence-electron chi connectivity index (χ1n) is 10.3. The molecule has 7 heteroatoms. The van der Waals surface area contributed by atoms with Gasteiger partial charge in [0.2, 0.25) is 0 Å². The Morgan fingerprint density at radius 3 is 2.27 bits per heavy atom. The van der Waals surface area contributed by atoms with Crippen molar-refractivity contribution in [1.82, 2.24) is 5.32 Å². The molecule has 7 nitrogen and oxygen atoms in total. The fourth-order valence-corrected chi connectivity index (χ4v) is 3.91. The van der Waals surface area contributed by atoms with Crippen LogP contribution in [0.5, 0.6) is 0 Å². The highest BCUT2D eigenvalue weighted by Crippen LogP contribution is 2.44. The number of fused-ring (bicyclic) bond motifs is 3. The number of amides is 1.